The van der Waals surface area contributed by atoms with Gasteiger partial charge in [0.15, 0.2) is 0 Å². The van der Waals surface area contributed by atoms with E-state index in [0.717, 1.165) is 26.3 Å². The van der Waals surface area contributed by atoms with Crippen LogP contribution in [0.1, 0.15) is 46.0 Å². The van der Waals surface area contributed by atoms with Gasteiger partial charge in [0.1, 0.15) is 0 Å². The quantitative estimate of drug-likeness (QED) is 0.475. The molecule has 0 saturated carbocycles. The number of hydrogen-bond donors (Lipinski definition) is 0. The predicted octanol–water partition coefficient (Wildman–Crippen LogP) is 3.14. The molecule has 68 valence electrons. The summed E-state index contributed by atoms with van der Waals surface area (Å²) in [4.78, 5) is 0. The van der Waals surface area contributed by atoms with Crippen LogP contribution in [0.2, 0.25) is 10.6 Å². The van der Waals surface area contributed by atoms with E-state index in [1.54, 1.807) is 10.6 Å². The van der Waals surface area contributed by atoms with Crippen LogP contribution in [0.3, 0.4) is 0 Å². The van der Waals surface area contributed by atoms with Gasteiger partial charge in [0.05, 0.1) is 0 Å². The Kier molecular flexibility index (Phi) is 12.1. The van der Waals surface area contributed by atoms with E-state index in [1.807, 2.05) is 0 Å². The van der Waals surface area contributed by atoms with E-state index in [1.165, 1.54) is 32.1 Å². The van der Waals surface area contributed by atoms with Crippen molar-refractivity contribution in [3.63, 3.8) is 0 Å². The summed E-state index contributed by atoms with van der Waals surface area (Å²) in [6.45, 7) is 4.58. The van der Waals surface area contributed by atoms with Gasteiger partial charge in [0.2, 0.25) is 0 Å². The Morgan fingerprint density at radius 3 is 1.82 bits per heavy atom. The van der Waals surface area contributed by atoms with Crippen LogP contribution in [0, 0.1) is 0 Å². The van der Waals surface area contributed by atoms with Crippen LogP contribution in [-0.2, 0) is 0 Å². The SMILES string of the molecule is CCCCC[Se][Se]CCCC. The molecule has 0 aliphatic rings. The zero-order valence-corrected chi connectivity index (χ0v) is 11.2. The maximum absolute atomic E-state index is 2.29. The molecule has 0 nitrogen and oxygen atoms in total. The first-order valence-corrected chi connectivity index (χ1v) is 11.4. The van der Waals surface area contributed by atoms with Crippen molar-refractivity contribution in [2.45, 2.75) is 56.6 Å². The molecule has 0 aliphatic heterocycles. The van der Waals surface area contributed by atoms with Crippen molar-refractivity contribution in [3.05, 3.63) is 0 Å². The minimum atomic E-state index is 1.04. The molecule has 0 spiro atoms. The van der Waals surface area contributed by atoms with Gasteiger partial charge in [-0.25, -0.2) is 0 Å². The molecule has 0 saturated heterocycles. The summed E-state index contributed by atoms with van der Waals surface area (Å²) < 4.78 is 0. The van der Waals surface area contributed by atoms with Crippen LogP contribution in [0.5, 0.6) is 0 Å². The Labute approximate surface area is 82.8 Å². The van der Waals surface area contributed by atoms with Gasteiger partial charge in [-0.15, -0.1) is 0 Å². The van der Waals surface area contributed by atoms with Gasteiger partial charge in [-0.3, -0.25) is 0 Å². The van der Waals surface area contributed by atoms with Crippen LogP contribution >= 0.6 is 0 Å². The molecule has 0 unspecified atom stereocenters. The molecule has 0 aromatic rings. The first kappa shape index (κ1) is 12.0. The molecule has 0 rings (SSSR count). The molecule has 0 bridgehead atoms. The predicted molar refractivity (Wildman–Crippen MR) is 55.6 cm³/mol. The van der Waals surface area contributed by atoms with Gasteiger partial charge in [-0.05, 0) is 0 Å². The third-order valence-corrected chi connectivity index (χ3v) is 9.21. The Bertz CT molecular complexity index is 56.6. The maximum atomic E-state index is 2.29. The van der Waals surface area contributed by atoms with E-state index in [0.29, 0.717) is 0 Å². The summed E-state index contributed by atoms with van der Waals surface area (Å²) in [7, 11) is 0. The van der Waals surface area contributed by atoms with Crippen molar-refractivity contribution in [1.29, 1.82) is 0 Å². The standard InChI is InChI=1S/C9H20Se2/c1-3-5-7-9-11-10-8-6-4-2/h3-9H2,1-2H3. The van der Waals surface area contributed by atoms with Crippen LogP contribution in [0.15, 0.2) is 0 Å². The second-order valence-corrected chi connectivity index (χ2v) is 10.5. The molecule has 0 amide bonds. The van der Waals surface area contributed by atoms with Crippen molar-refractivity contribution in [3.8, 4) is 0 Å². The van der Waals surface area contributed by atoms with Gasteiger partial charge in [-0.1, -0.05) is 0 Å². The van der Waals surface area contributed by atoms with Crippen LogP contribution in [0.4, 0.5) is 0 Å². The van der Waals surface area contributed by atoms with Crippen molar-refractivity contribution >= 4 is 26.3 Å². The molecule has 0 heterocycles. The minimum absolute atomic E-state index is 1.04. The summed E-state index contributed by atoms with van der Waals surface area (Å²) in [6, 6.07) is 0. The molecule has 0 aliphatic carbocycles. The fourth-order valence-corrected chi connectivity index (χ4v) is 7.89. The summed E-state index contributed by atoms with van der Waals surface area (Å²) >= 11 is 2.08. The second-order valence-electron chi connectivity index (χ2n) is 2.70. The average molecular weight is 286 g/mol. The van der Waals surface area contributed by atoms with Crippen LogP contribution in [-0.4, -0.2) is 26.3 Å². The number of rotatable bonds is 8. The van der Waals surface area contributed by atoms with E-state index in [-0.39, 0.29) is 0 Å². The van der Waals surface area contributed by atoms with E-state index < -0.39 is 0 Å². The van der Waals surface area contributed by atoms with E-state index in [4.69, 9.17) is 0 Å². The molecule has 0 fully saturated rings. The van der Waals surface area contributed by atoms with Crippen LogP contribution < -0.4 is 0 Å². The van der Waals surface area contributed by atoms with Gasteiger partial charge in [0.25, 0.3) is 0 Å². The van der Waals surface area contributed by atoms with Crippen LogP contribution in [0.25, 0.3) is 0 Å². The number of hydrogen-bond acceptors (Lipinski definition) is 0. The molecule has 11 heavy (non-hydrogen) atoms. The molecule has 0 aromatic carbocycles. The molecular formula is C9H20Se2. The first-order chi connectivity index (χ1) is 5.41. The Morgan fingerprint density at radius 2 is 1.27 bits per heavy atom. The zero-order chi connectivity index (χ0) is 8.36. The molecule has 0 radical (unpaired) electrons. The number of unbranched alkanes of at least 4 members (excludes halogenated alkanes) is 3. The third kappa shape index (κ3) is 11.0. The second kappa shape index (κ2) is 11.0. The van der Waals surface area contributed by atoms with E-state index in [9.17, 15) is 0 Å². The first-order valence-electron chi connectivity index (χ1n) is 4.66. The van der Waals surface area contributed by atoms with E-state index >= 15 is 0 Å². The van der Waals surface area contributed by atoms with Crippen molar-refractivity contribution < 1.29 is 0 Å². The summed E-state index contributed by atoms with van der Waals surface area (Å²) in [5.74, 6) is 0. The summed E-state index contributed by atoms with van der Waals surface area (Å²) in [5.41, 5.74) is 0. The fourth-order valence-electron chi connectivity index (χ4n) is 0.732. The molecular weight excluding hydrogens is 266 g/mol. The van der Waals surface area contributed by atoms with Crippen molar-refractivity contribution in [2.75, 3.05) is 0 Å². The van der Waals surface area contributed by atoms with Gasteiger partial charge >= 0.3 is 82.9 Å². The average Bonchev–Trinajstić information content (AvgIpc) is 2.03. The fraction of sp³-hybridized carbons (Fsp3) is 1.00. The van der Waals surface area contributed by atoms with Crippen molar-refractivity contribution in [1.82, 2.24) is 0 Å². The Morgan fingerprint density at radius 1 is 0.727 bits per heavy atom. The summed E-state index contributed by atoms with van der Waals surface area (Å²) in [6.07, 6.45) is 7.23. The molecule has 0 aromatic heterocycles. The normalized spacial score (nSPS) is 10.4. The molecule has 0 N–H and O–H groups in total. The zero-order valence-electron chi connectivity index (χ0n) is 7.77. The monoisotopic (exact) mass is 288 g/mol. The summed E-state index contributed by atoms with van der Waals surface area (Å²) in [5, 5.41) is 3.11. The third-order valence-electron chi connectivity index (χ3n) is 1.50. The molecule has 0 atom stereocenters. The van der Waals surface area contributed by atoms with E-state index in [2.05, 4.69) is 13.8 Å². The van der Waals surface area contributed by atoms with Gasteiger partial charge in [-0.2, -0.15) is 0 Å². The molecule has 2 heteroatoms. The van der Waals surface area contributed by atoms with Gasteiger partial charge in [0, 0.05) is 0 Å². The van der Waals surface area contributed by atoms with Crippen molar-refractivity contribution in [2.24, 2.45) is 0 Å². The Hall–Kier alpha value is 1.04. The van der Waals surface area contributed by atoms with Gasteiger partial charge < -0.3 is 0 Å². The topological polar surface area (TPSA) is 0 Å². The Balaban J connectivity index is 2.69.